The second-order valence-electron chi connectivity index (χ2n) is 5.43. The summed E-state index contributed by atoms with van der Waals surface area (Å²) in [4.78, 5) is 11.5. The molecule has 1 aromatic carbocycles. The zero-order chi connectivity index (χ0) is 17.1. The van der Waals surface area contributed by atoms with E-state index in [1.54, 1.807) is 6.92 Å². The van der Waals surface area contributed by atoms with Gasteiger partial charge >= 0.3 is 0 Å². The van der Waals surface area contributed by atoms with Gasteiger partial charge in [0.15, 0.2) is 5.82 Å². The lowest BCUT2D eigenvalue weighted by atomic mass is 9.84. The summed E-state index contributed by atoms with van der Waals surface area (Å²) in [7, 11) is 0. The number of hydrogen-bond donors (Lipinski definition) is 0. The molecule has 0 amide bonds. The van der Waals surface area contributed by atoms with Gasteiger partial charge in [-0.3, -0.25) is 4.68 Å². The van der Waals surface area contributed by atoms with E-state index in [4.69, 9.17) is 0 Å². The molecule has 0 aliphatic rings. The molecule has 0 aliphatic heterocycles. The van der Waals surface area contributed by atoms with E-state index in [-0.39, 0.29) is 17.8 Å². The van der Waals surface area contributed by atoms with Crippen molar-refractivity contribution < 1.29 is 13.2 Å². The van der Waals surface area contributed by atoms with Crippen molar-refractivity contribution in [1.82, 2.24) is 24.7 Å². The number of halogens is 3. The third-order valence-electron chi connectivity index (χ3n) is 3.94. The van der Waals surface area contributed by atoms with Gasteiger partial charge in [-0.15, -0.1) is 0 Å². The highest BCUT2D eigenvalue weighted by molar-refractivity contribution is 5.27. The lowest BCUT2D eigenvalue weighted by Gasteiger charge is -2.24. The Kier molecular flexibility index (Phi) is 4.54. The molecule has 0 fully saturated rings. The van der Waals surface area contributed by atoms with Crippen LogP contribution in [0.15, 0.2) is 43.4 Å². The fraction of sp³-hybridized carbons (Fsp3) is 0.250. The molecule has 0 aliphatic carbocycles. The molecule has 1 unspecified atom stereocenters. The first kappa shape index (κ1) is 16.1. The summed E-state index contributed by atoms with van der Waals surface area (Å²) in [6.07, 6.45) is 5.14. The molecule has 2 aromatic heterocycles. The minimum absolute atomic E-state index is 0.166. The summed E-state index contributed by atoms with van der Waals surface area (Å²) in [5.74, 6) is -2.94. The van der Waals surface area contributed by atoms with Gasteiger partial charge < -0.3 is 0 Å². The minimum atomic E-state index is -0.693. The maximum atomic E-state index is 14.3. The summed E-state index contributed by atoms with van der Waals surface area (Å²) in [6.45, 7) is 1.98. The van der Waals surface area contributed by atoms with Crippen molar-refractivity contribution in [3.05, 3.63) is 72.1 Å². The van der Waals surface area contributed by atoms with Gasteiger partial charge in [0.1, 0.15) is 30.6 Å². The molecule has 24 heavy (non-hydrogen) atoms. The summed E-state index contributed by atoms with van der Waals surface area (Å²) < 4.78 is 43.1. The zero-order valence-electron chi connectivity index (χ0n) is 12.8. The van der Waals surface area contributed by atoms with E-state index in [0.717, 1.165) is 12.3 Å². The highest BCUT2D eigenvalue weighted by Crippen LogP contribution is 2.35. The van der Waals surface area contributed by atoms with Crippen molar-refractivity contribution >= 4 is 0 Å². The van der Waals surface area contributed by atoms with E-state index in [1.807, 2.05) is 0 Å². The van der Waals surface area contributed by atoms with Crippen molar-refractivity contribution in [1.29, 1.82) is 0 Å². The molecule has 0 spiro atoms. The van der Waals surface area contributed by atoms with Crippen LogP contribution in [0.4, 0.5) is 13.2 Å². The predicted molar refractivity (Wildman–Crippen MR) is 79.5 cm³/mol. The Morgan fingerprint density at radius 3 is 2.58 bits per heavy atom. The second-order valence-corrected chi connectivity index (χ2v) is 5.43. The van der Waals surface area contributed by atoms with Gasteiger partial charge in [-0.1, -0.05) is 13.0 Å². The number of benzene rings is 1. The molecule has 3 aromatic rings. The first-order valence-electron chi connectivity index (χ1n) is 7.29. The third kappa shape index (κ3) is 3.27. The molecule has 0 radical (unpaired) electrons. The molecule has 0 saturated carbocycles. The summed E-state index contributed by atoms with van der Waals surface area (Å²) in [5, 5.41) is 4.01. The van der Waals surface area contributed by atoms with E-state index < -0.39 is 29.3 Å². The zero-order valence-corrected chi connectivity index (χ0v) is 12.8. The van der Waals surface area contributed by atoms with E-state index >= 15 is 0 Å². The lowest BCUT2D eigenvalue weighted by Crippen LogP contribution is -2.19. The smallest absolute Gasteiger partial charge is 0.163 e. The van der Waals surface area contributed by atoms with Gasteiger partial charge in [0.25, 0.3) is 0 Å². The topological polar surface area (TPSA) is 56.5 Å². The van der Waals surface area contributed by atoms with Gasteiger partial charge in [-0.05, 0) is 11.6 Å². The number of hydrogen-bond acceptors (Lipinski definition) is 4. The molecule has 3 rings (SSSR count). The van der Waals surface area contributed by atoms with Gasteiger partial charge in [0, 0.05) is 17.9 Å². The maximum absolute atomic E-state index is 14.3. The normalized spacial score (nSPS) is 13.7. The van der Waals surface area contributed by atoms with Gasteiger partial charge in [-0.25, -0.2) is 28.1 Å². The van der Waals surface area contributed by atoms with E-state index in [0.29, 0.717) is 0 Å². The monoisotopic (exact) mass is 333 g/mol. The first-order chi connectivity index (χ1) is 11.6. The Morgan fingerprint density at radius 1 is 1.08 bits per heavy atom. The van der Waals surface area contributed by atoms with Gasteiger partial charge in [0.2, 0.25) is 0 Å². The average Bonchev–Trinajstić information content (AvgIpc) is 3.06. The molecule has 0 saturated heterocycles. The van der Waals surface area contributed by atoms with Crippen LogP contribution in [0, 0.1) is 17.5 Å². The van der Waals surface area contributed by atoms with Crippen molar-refractivity contribution in [3.63, 3.8) is 0 Å². The average molecular weight is 333 g/mol. The number of nitrogens with zero attached hydrogens (tertiary/aromatic N) is 5. The molecule has 2 atom stereocenters. The summed E-state index contributed by atoms with van der Waals surface area (Å²) in [5.41, 5.74) is 0.427. The molecule has 124 valence electrons. The van der Waals surface area contributed by atoms with Crippen LogP contribution >= 0.6 is 0 Å². The third-order valence-corrected chi connectivity index (χ3v) is 3.94. The van der Waals surface area contributed by atoms with Crippen LogP contribution in [0.5, 0.6) is 0 Å². The number of rotatable bonds is 5. The molecule has 0 bridgehead atoms. The van der Waals surface area contributed by atoms with Crippen molar-refractivity contribution in [2.75, 3.05) is 0 Å². The Hall–Kier alpha value is -2.77. The van der Waals surface area contributed by atoms with Crippen molar-refractivity contribution in [2.24, 2.45) is 0 Å². The predicted octanol–water partition coefficient (Wildman–Crippen LogP) is 3.07. The molecular formula is C16H14F3N5. The minimum Gasteiger partial charge on any atom is -0.252 e. The van der Waals surface area contributed by atoms with Gasteiger partial charge in [-0.2, -0.15) is 5.10 Å². The Balaban J connectivity index is 2.03. The van der Waals surface area contributed by atoms with Crippen LogP contribution in [0.1, 0.15) is 30.0 Å². The molecule has 5 nitrogen and oxygen atoms in total. The summed E-state index contributed by atoms with van der Waals surface area (Å²) >= 11 is 0. The Labute approximate surface area is 136 Å². The summed E-state index contributed by atoms with van der Waals surface area (Å²) in [6, 6.07) is 3.35. The molecule has 2 heterocycles. The first-order valence-corrected chi connectivity index (χ1v) is 7.29. The van der Waals surface area contributed by atoms with Crippen LogP contribution in [-0.2, 0) is 6.54 Å². The maximum Gasteiger partial charge on any atom is 0.163 e. The van der Waals surface area contributed by atoms with Crippen LogP contribution in [0.25, 0.3) is 0 Å². The van der Waals surface area contributed by atoms with E-state index in [9.17, 15) is 13.2 Å². The Bertz CT molecular complexity index is 822. The van der Waals surface area contributed by atoms with Crippen molar-refractivity contribution in [3.8, 4) is 0 Å². The van der Waals surface area contributed by atoms with Crippen LogP contribution in [-0.4, -0.2) is 24.7 Å². The lowest BCUT2D eigenvalue weighted by molar-refractivity contribution is 0.424. The largest absolute Gasteiger partial charge is 0.252 e. The molecular weight excluding hydrogens is 319 g/mol. The van der Waals surface area contributed by atoms with Crippen LogP contribution in [0.3, 0.4) is 0 Å². The SMILES string of the molecule is C[C@H](c1ncncc1F)C(Cn1cncn1)c1ccc(F)cc1F. The standard InChI is InChI=1S/C16H14F3N5/c1-10(16-15(19)5-20-7-22-16)13(6-24-9-21-8-23-24)12-3-2-11(17)4-14(12)18/h2-5,7-10,13H,6H2,1H3/t10-,13?/m0/s1. The van der Waals surface area contributed by atoms with Gasteiger partial charge in [0.05, 0.1) is 18.4 Å². The molecule has 8 heteroatoms. The number of aromatic nitrogens is 5. The Morgan fingerprint density at radius 2 is 1.92 bits per heavy atom. The molecule has 0 N–H and O–H groups in total. The fourth-order valence-electron chi connectivity index (χ4n) is 2.70. The highest BCUT2D eigenvalue weighted by Gasteiger charge is 2.27. The highest BCUT2D eigenvalue weighted by atomic mass is 19.1. The quantitative estimate of drug-likeness (QED) is 0.720. The fourth-order valence-corrected chi connectivity index (χ4v) is 2.70. The second kappa shape index (κ2) is 6.77. The van der Waals surface area contributed by atoms with E-state index in [2.05, 4.69) is 20.1 Å². The van der Waals surface area contributed by atoms with Crippen LogP contribution < -0.4 is 0 Å². The van der Waals surface area contributed by atoms with Crippen LogP contribution in [0.2, 0.25) is 0 Å². The van der Waals surface area contributed by atoms with Crippen molar-refractivity contribution in [2.45, 2.75) is 25.3 Å². The van der Waals surface area contributed by atoms with E-state index in [1.165, 1.54) is 35.8 Å².